The second kappa shape index (κ2) is 6.19. The van der Waals surface area contributed by atoms with E-state index in [1.165, 1.54) is 5.39 Å². The summed E-state index contributed by atoms with van der Waals surface area (Å²) in [5.41, 5.74) is 2.74. The molecule has 104 valence electrons. The minimum Gasteiger partial charge on any atom is -0.388 e. The van der Waals surface area contributed by atoms with E-state index >= 15 is 0 Å². The quantitative estimate of drug-likeness (QED) is 0.508. The highest BCUT2D eigenvalue weighted by Gasteiger charge is 2.03. The van der Waals surface area contributed by atoms with E-state index in [0.717, 1.165) is 16.6 Å². The minimum absolute atomic E-state index is 0.225. The predicted molar refractivity (Wildman–Crippen MR) is 87.8 cm³/mol. The summed E-state index contributed by atoms with van der Waals surface area (Å²) in [5, 5.41) is 9.30. The third kappa shape index (κ3) is 3.15. The first-order chi connectivity index (χ1) is 9.63. The van der Waals surface area contributed by atoms with Gasteiger partial charge in [-0.1, -0.05) is 18.2 Å². The highest BCUT2D eigenvalue weighted by molar-refractivity contribution is 6.38. The molecular formula is C16H20N4. The summed E-state index contributed by atoms with van der Waals surface area (Å²) in [6.45, 7) is 4.04. The van der Waals surface area contributed by atoms with Gasteiger partial charge in [0.2, 0.25) is 0 Å². The van der Waals surface area contributed by atoms with E-state index in [1.807, 2.05) is 27.0 Å². The Balaban J connectivity index is 2.43. The lowest BCUT2D eigenvalue weighted by Crippen LogP contribution is -2.07. The molecule has 0 aromatic heterocycles. The van der Waals surface area contributed by atoms with Gasteiger partial charge in [0.25, 0.3) is 0 Å². The third-order valence-electron chi connectivity index (χ3n) is 3.06. The molecule has 0 spiro atoms. The molecule has 0 aliphatic heterocycles. The van der Waals surface area contributed by atoms with Gasteiger partial charge in [-0.3, -0.25) is 4.99 Å². The van der Waals surface area contributed by atoms with Crippen molar-refractivity contribution in [1.29, 1.82) is 0 Å². The Bertz CT molecular complexity index is 657. The molecule has 0 bridgehead atoms. The van der Waals surface area contributed by atoms with Gasteiger partial charge in [-0.2, -0.15) is 5.10 Å². The number of aliphatic imine (C=N–C) groups is 1. The fraction of sp³-hybridized carbons (Fsp3) is 0.250. The highest BCUT2D eigenvalue weighted by Crippen LogP contribution is 2.20. The third-order valence-corrected chi connectivity index (χ3v) is 3.06. The number of hydrogen-bond acceptors (Lipinski definition) is 4. The number of hydrazone groups is 1. The first kappa shape index (κ1) is 14.1. The Kier molecular flexibility index (Phi) is 4.35. The molecule has 4 heteroatoms. The largest absolute Gasteiger partial charge is 0.388 e. The lowest BCUT2D eigenvalue weighted by atomic mass is 10.0. The fourth-order valence-electron chi connectivity index (χ4n) is 1.96. The van der Waals surface area contributed by atoms with Gasteiger partial charge in [-0.05, 0) is 42.8 Å². The van der Waals surface area contributed by atoms with Crippen molar-refractivity contribution in [2.45, 2.75) is 19.9 Å². The molecule has 0 amide bonds. The predicted octanol–water partition coefficient (Wildman–Crippen LogP) is 3.02. The van der Waals surface area contributed by atoms with Crippen molar-refractivity contribution in [3.63, 3.8) is 0 Å². The van der Waals surface area contributed by atoms with Crippen LogP contribution in [-0.4, -0.2) is 25.0 Å². The maximum Gasteiger partial charge on any atom is 0.108 e. The summed E-state index contributed by atoms with van der Waals surface area (Å²) in [7, 11) is 1.91. The molecule has 0 saturated carbocycles. The van der Waals surface area contributed by atoms with Crippen LogP contribution in [0, 0.1) is 0 Å². The van der Waals surface area contributed by atoms with E-state index in [0.29, 0.717) is 5.71 Å². The molecule has 2 aromatic rings. The number of benzene rings is 2. The van der Waals surface area contributed by atoms with Crippen molar-refractivity contribution in [1.82, 2.24) is 0 Å². The van der Waals surface area contributed by atoms with E-state index < -0.39 is 0 Å². The molecule has 0 aliphatic rings. The van der Waals surface area contributed by atoms with Gasteiger partial charge < -0.3 is 11.2 Å². The van der Waals surface area contributed by atoms with E-state index in [1.54, 1.807) is 6.21 Å². The molecule has 0 radical (unpaired) electrons. The number of rotatable bonds is 4. The zero-order valence-electron chi connectivity index (χ0n) is 12.1. The van der Waals surface area contributed by atoms with Gasteiger partial charge >= 0.3 is 0 Å². The molecule has 0 aliphatic carbocycles. The maximum atomic E-state index is 5.48. The van der Waals surface area contributed by atoms with Crippen LogP contribution in [0.4, 0.5) is 5.69 Å². The molecule has 0 unspecified atom stereocenters. The fourth-order valence-corrected chi connectivity index (χ4v) is 1.96. The summed E-state index contributed by atoms with van der Waals surface area (Å²) in [6.07, 6.45) is 1.73. The number of hydrogen-bond donors (Lipinski definition) is 2. The molecule has 2 aromatic carbocycles. The summed E-state index contributed by atoms with van der Waals surface area (Å²) >= 11 is 0. The van der Waals surface area contributed by atoms with E-state index in [-0.39, 0.29) is 6.04 Å². The highest BCUT2D eigenvalue weighted by atomic mass is 15.1. The Hall–Kier alpha value is -2.36. The van der Waals surface area contributed by atoms with Gasteiger partial charge in [0.1, 0.15) is 5.71 Å². The van der Waals surface area contributed by atoms with Gasteiger partial charge in [0.05, 0.1) is 0 Å². The number of anilines is 1. The topological polar surface area (TPSA) is 62.8 Å². The zero-order chi connectivity index (χ0) is 14.5. The molecular weight excluding hydrogens is 248 g/mol. The van der Waals surface area contributed by atoms with Crippen LogP contribution in [0.2, 0.25) is 0 Å². The second-order valence-electron chi connectivity index (χ2n) is 4.91. The van der Waals surface area contributed by atoms with Gasteiger partial charge in [0, 0.05) is 30.6 Å². The van der Waals surface area contributed by atoms with Crippen LogP contribution in [-0.2, 0) is 0 Å². The zero-order valence-corrected chi connectivity index (χ0v) is 12.1. The van der Waals surface area contributed by atoms with E-state index in [9.17, 15) is 0 Å². The molecule has 0 saturated heterocycles. The van der Waals surface area contributed by atoms with Crippen molar-refractivity contribution in [3.8, 4) is 0 Å². The maximum absolute atomic E-state index is 5.48. The van der Waals surface area contributed by atoms with Crippen LogP contribution in [0.5, 0.6) is 0 Å². The van der Waals surface area contributed by atoms with Gasteiger partial charge in [0.15, 0.2) is 0 Å². The average Bonchev–Trinajstić information content (AvgIpc) is 2.46. The second-order valence-corrected chi connectivity index (χ2v) is 4.91. The number of nitrogens with one attached hydrogen (secondary N) is 1. The lowest BCUT2D eigenvalue weighted by Gasteiger charge is -2.06. The van der Waals surface area contributed by atoms with Crippen LogP contribution >= 0.6 is 0 Å². The normalized spacial score (nSPS) is 12.5. The first-order valence-corrected chi connectivity index (χ1v) is 6.67. The van der Waals surface area contributed by atoms with Crippen LogP contribution in [0.3, 0.4) is 0 Å². The molecule has 3 N–H and O–H groups in total. The molecule has 0 heterocycles. The lowest BCUT2D eigenvalue weighted by molar-refractivity contribution is 0.842. The molecule has 20 heavy (non-hydrogen) atoms. The van der Waals surface area contributed by atoms with Crippen molar-refractivity contribution in [3.05, 3.63) is 42.0 Å². The molecule has 2 rings (SSSR count). The van der Waals surface area contributed by atoms with Crippen LogP contribution in [0.15, 0.2) is 46.5 Å². The minimum atomic E-state index is 0.225. The van der Waals surface area contributed by atoms with E-state index in [4.69, 9.17) is 5.84 Å². The smallest absolute Gasteiger partial charge is 0.108 e. The summed E-state index contributed by atoms with van der Waals surface area (Å²) in [4.78, 5) is 4.34. The Morgan fingerprint density at radius 2 is 1.90 bits per heavy atom. The first-order valence-electron chi connectivity index (χ1n) is 6.67. The van der Waals surface area contributed by atoms with Crippen molar-refractivity contribution < 1.29 is 0 Å². The Morgan fingerprint density at radius 3 is 2.55 bits per heavy atom. The monoisotopic (exact) mass is 268 g/mol. The van der Waals surface area contributed by atoms with Crippen molar-refractivity contribution in [2.24, 2.45) is 15.9 Å². The Labute approximate surface area is 119 Å². The van der Waals surface area contributed by atoms with Crippen molar-refractivity contribution in [2.75, 3.05) is 12.4 Å². The molecule has 0 fully saturated rings. The van der Waals surface area contributed by atoms with Gasteiger partial charge in [-0.25, -0.2) is 0 Å². The van der Waals surface area contributed by atoms with Crippen LogP contribution < -0.4 is 11.2 Å². The van der Waals surface area contributed by atoms with Gasteiger partial charge in [-0.15, -0.1) is 0 Å². The van der Waals surface area contributed by atoms with E-state index in [2.05, 4.69) is 45.7 Å². The molecule has 4 nitrogen and oxygen atoms in total. The summed E-state index contributed by atoms with van der Waals surface area (Å²) in [6, 6.07) is 12.6. The van der Waals surface area contributed by atoms with Crippen LogP contribution in [0.1, 0.15) is 19.4 Å². The SMILES string of the molecule is CNc1ccc2ccc(/C(C=NC(C)C)=N/N)cc2c1. The van der Waals surface area contributed by atoms with Crippen LogP contribution in [0.25, 0.3) is 10.8 Å². The van der Waals surface area contributed by atoms with Crippen molar-refractivity contribution >= 4 is 28.4 Å². The Morgan fingerprint density at radius 1 is 1.15 bits per heavy atom. The summed E-state index contributed by atoms with van der Waals surface area (Å²) in [5.74, 6) is 5.48. The number of nitrogens with zero attached hydrogens (tertiary/aromatic N) is 2. The summed E-state index contributed by atoms with van der Waals surface area (Å²) < 4.78 is 0. The number of nitrogens with two attached hydrogens (primary N) is 1. The number of fused-ring (bicyclic) bond motifs is 1. The molecule has 0 atom stereocenters. The average molecular weight is 268 g/mol. The standard InChI is InChI=1S/C16H20N4/c1-11(2)19-10-16(20-17)13-5-4-12-6-7-15(18-3)9-14(12)8-13/h4-11,18H,17H2,1-3H3/b19-10?,20-16+.